The number of methoxy groups -OCH3 is 1. The molecule has 3 heteroatoms. The zero-order valence-electron chi connectivity index (χ0n) is 7.25. The molecule has 0 aromatic rings. The molecule has 1 atom stereocenters. The number of terminal acetylenes is 1. The van der Waals surface area contributed by atoms with Gasteiger partial charge >= 0.3 is 5.97 Å². The van der Waals surface area contributed by atoms with E-state index in [1.807, 2.05) is 4.90 Å². The lowest BCUT2D eigenvalue weighted by Crippen LogP contribution is -2.36. The predicted molar refractivity (Wildman–Crippen MR) is 45.4 cm³/mol. The summed E-state index contributed by atoms with van der Waals surface area (Å²) in [4.78, 5) is 13.1. The van der Waals surface area contributed by atoms with Gasteiger partial charge in [0.15, 0.2) is 0 Å². The monoisotopic (exact) mass is 167 g/mol. The molecule has 3 nitrogen and oxygen atoms in total. The molecule has 0 N–H and O–H groups in total. The first kappa shape index (κ1) is 9.08. The van der Waals surface area contributed by atoms with Gasteiger partial charge in [-0.2, -0.15) is 0 Å². The Morgan fingerprint density at radius 1 is 1.83 bits per heavy atom. The van der Waals surface area contributed by atoms with Crippen molar-refractivity contribution >= 4 is 5.97 Å². The molecule has 66 valence electrons. The predicted octanol–water partition coefficient (Wildman–Crippen LogP) is 0.257. The van der Waals surface area contributed by atoms with Gasteiger partial charge in [-0.05, 0) is 12.8 Å². The quantitative estimate of drug-likeness (QED) is 0.436. The van der Waals surface area contributed by atoms with E-state index in [0.29, 0.717) is 6.54 Å². The first-order valence-corrected chi connectivity index (χ1v) is 4.05. The molecular formula is C9H13NO2. The van der Waals surface area contributed by atoms with Crippen molar-refractivity contribution in [1.29, 1.82) is 0 Å². The molecule has 0 aliphatic carbocycles. The van der Waals surface area contributed by atoms with E-state index in [-0.39, 0.29) is 12.0 Å². The van der Waals surface area contributed by atoms with Gasteiger partial charge in [-0.25, -0.2) is 0 Å². The Morgan fingerprint density at radius 3 is 3.17 bits per heavy atom. The minimum absolute atomic E-state index is 0.106. The van der Waals surface area contributed by atoms with E-state index in [1.165, 1.54) is 7.11 Å². The number of carbonyl (C=O) groups excluding carboxylic acids is 1. The first-order valence-electron chi connectivity index (χ1n) is 4.05. The Labute approximate surface area is 72.7 Å². The van der Waals surface area contributed by atoms with Gasteiger partial charge in [0.05, 0.1) is 13.7 Å². The van der Waals surface area contributed by atoms with Gasteiger partial charge in [-0.3, -0.25) is 9.69 Å². The van der Waals surface area contributed by atoms with E-state index in [4.69, 9.17) is 6.42 Å². The number of carbonyl (C=O) groups is 1. The van der Waals surface area contributed by atoms with Gasteiger partial charge < -0.3 is 4.74 Å². The van der Waals surface area contributed by atoms with Crippen LogP contribution >= 0.6 is 0 Å². The minimum Gasteiger partial charge on any atom is -0.468 e. The molecule has 1 fully saturated rings. The van der Waals surface area contributed by atoms with Crippen LogP contribution in [0.2, 0.25) is 0 Å². The number of rotatable bonds is 2. The van der Waals surface area contributed by atoms with Crippen molar-refractivity contribution in [1.82, 2.24) is 4.90 Å². The van der Waals surface area contributed by atoms with E-state index < -0.39 is 0 Å². The lowest BCUT2D eigenvalue weighted by Gasteiger charge is -2.19. The third-order valence-corrected chi connectivity index (χ3v) is 2.13. The average Bonchev–Trinajstić information content (AvgIpc) is 2.52. The van der Waals surface area contributed by atoms with Crippen LogP contribution in [0.25, 0.3) is 0 Å². The fourth-order valence-electron chi connectivity index (χ4n) is 1.54. The highest BCUT2D eigenvalue weighted by Gasteiger charge is 2.30. The Kier molecular flexibility index (Phi) is 3.12. The van der Waals surface area contributed by atoms with E-state index in [2.05, 4.69) is 10.7 Å². The summed E-state index contributed by atoms with van der Waals surface area (Å²) in [6.07, 6.45) is 7.07. The molecule has 1 rings (SSSR count). The molecule has 0 radical (unpaired) electrons. The van der Waals surface area contributed by atoms with Gasteiger partial charge in [0.1, 0.15) is 6.04 Å². The highest BCUT2D eigenvalue weighted by Crippen LogP contribution is 2.17. The fourth-order valence-corrected chi connectivity index (χ4v) is 1.54. The number of likely N-dealkylation sites (tertiary alicyclic amines) is 1. The lowest BCUT2D eigenvalue weighted by molar-refractivity contribution is -0.145. The smallest absolute Gasteiger partial charge is 0.323 e. The minimum atomic E-state index is -0.164. The Bertz CT molecular complexity index is 207. The number of hydrogen-bond acceptors (Lipinski definition) is 3. The van der Waals surface area contributed by atoms with Crippen molar-refractivity contribution in [2.75, 3.05) is 20.2 Å². The van der Waals surface area contributed by atoms with Crippen molar-refractivity contribution in [3.8, 4) is 12.3 Å². The van der Waals surface area contributed by atoms with Crippen molar-refractivity contribution < 1.29 is 9.53 Å². The second-order valence-electron chi connectivity index (χ2n) is 2.86. The largest absolute Gasteiger partial charge is 0.468 e. The summed E-state index contributed by atoms with van der Waals surface area (Å²) in [5.41, 5.74) is 0. The first-order chi connectivity index (χ1) is 5.79. The summed E-state index contributed by atoms with van der Waals surface area (Å²) in [6, 6.07) is -0.106. The zero-order chi connectivity index (χ0) is 8.97. The maximum Gasteiger partial charge on any atom is 0.323 e. The van der Waals surface area contributed by atoms with Crippen LogP contribution in [0.1, 0.15) is 12.8 Å². The van der Waals surface area contributed by atoms with E-state index >= 15 is 0 Å². The van der Waals surface area contributed by atoms with E-state index in [1.54, 1.807) is 0 Å². The summed E-state index contributed by atoms with van der Waals surface area (Å²) in [5.74, 6) is 2.37. The fraction of sp³-hybridized carbons (Fsp3) is 0.667. The van der Waals surface area contributed by atoms with E-state index in [0.717, 1.165) is 19.4 Å². The van der Waals surface area contributed by atoms with Crippen molar-refractivity contribution in [3.05, 3.63) is 0 Å². The summed E-state index contributed by atoms with van der Waals surface area (Å²) in [7, 11) is 1.41. The van der Waals surface area contributed by atoms with E-state index in [9.17, 15) is 4.79 Å². The Hall–Kier alpha value is -1.01. The zero-order valence-corrected chi connectivity index (χ0v) is 7.25. The summed E-state index contributed by atoms with van der Waals surface area (Å²) < 4.78 is 4.66. The molecule has 1 aliphatic heterocycles. The van der Waals surface area contributed by atoms with Crippen LogP contribution in [0.3, 0.4) is 0 Å². The van der Waals surface area contributed by atoms with Crippen LogP contribution in [0, 0.1) is 12.3 Å². The number of hydrogen-bond donors (Lipinski definition) is 0. The molecule has 0 saturated carbocycles. The topological polar surface area (TPSA) is 29.5 Å². The average molecular weight is 167 g/mol. The summed E-state index contributed by atoms with van der Waals surface area (Å²) in [6.45, 7) is 1.45. The van der Waals surface area contributed by atoms with Gasteiger partial charge in [0, 0.05) is 6.54 Å². The van der Waals surface area contributed by atoms with Gasteiger partial charge in [-0.1, -0.05) is 5.92 Å². The molecule has 1 aliphatic rings. The summed E-state index contributed by atoms with van der Waals surface area (Å²) in [5, 5.41) is 0. The number of ether oxygens (including phenoxy) is 1. The van der Waals surface area contributed by atoms with Gasteiger partial charge in [-0.15, -0.1) is 6.42 Å². The van der Waals surface area contributed by atoms with Crippen LogP contribution in [-0.4, -0.2) is 37.1 Å². The maximum atomic E-state index is 11.2. The molecule has 0 bridgehead atoms. The van der Waals surface area contributed by atoms with Crippen LogP contribution in [0.15, 0.2) is 0 Å². The second-order valence-corrected chi connectivity index (χ2v) is 2.86. The highest BCUT2D eigenvalue weighted by molar-refractivity contribution is 5.76. The number of esters is 1. The molecule has 0 unspecified atom stereocenters. The SMILES string of the molecule is C#CCN1CCC[C@@H]1C(=O)OC. The third kappa shape index (κ3) is 1.77. The molecule has 1 saturated heterocycles. The Balaban J connectivity index is 2.52. The third-order valence-electron chi connectivity index (χ3n) is 2.13. The highest BCUT2D eigenvalue weighted by atomic mass is 16.5. The molecule has 0 amide bonds. The summed E-state index contributed by atoms with van der Waals surface area (Å²) >= 11 is 0. The molecular weight excluding hydrogens is 154 g/mol. The molecule has 1 heterocycles. The standard InChI is InChI=1S/C9H13NO2/c1-3-6-10-7-4-5-8(10)9(11)12-2/h1,8H,4-7H2,2H3/t8-/m1/s1. The molecule has 12 heavy (non-hydrogen) atoms. The molecule has 0 spiro atoms. The molecule has 0 aromatic heterocycles. The van der Waals surface area contributed by atoms with Gasteiger partial charge in [0.2, 0.25) is 0 Å². The lowest BCUT2D eigenvalue weighted by atomic mass is 10.2. The van der Waals surface area contributed by atoms with Crippen molar-refractivity contribution in [2.24, 2.45) is 0 Å². The van der Waals surface area contributed by atoms with Crippen LogP contribution in [0.5, 0.6) is 0 Å². The second kappa shape index (κ2) is 4.13. The van der Waals surface area contributed by atoms with Crippen molar-refractivity contribution in [3.63, 3.8) is 0 Å². The van der Waals surface area contributed by atoms with Gasteiger partial charge in [0.25, 0.3) is 0 Å². The number of nitrogens with zero attached hydrogens (tertiary/aromatic N) is 1. The molecule has 0 aromatic carbocycles. The maximum absolute atomic E-state index is 11.2. The van der Waals surface area contributed by atoms with Crippen molar-refractivity contribution in [2.45, 2.75) is 18.9 Å². The van der Waals surface area contributed by atoms with Crippen LogP contribution < -0.4 is 0 Å². The van der Waals surface area contributed by atoms with Crippen LogP contribution in [-0.2, 0) is 9.53 Å². The Morgan fingerprint density at radius 2 is 2.58 bits per heavy atom. The normalized spacial score (nSPS) is 23.5. The van der Waals surface area contributed by atoms with Crippen LogP contribution in [0.4, 0.5) is 0 Å².